The Hall–Kier alpha value is -1.85. The molecule has 0 amide bonds. The highest BCUT2D eigenvalue weighted by molar-refractivity contribution is 7.80. The molecule has 4 rings (SSSR count). The summed E-state index contributed by atoms with van der Waals surface area (Å²) in [6.07, 6.45) is 2.20. The van der Waals surface area contributed by atoms with Gasteiger partial charge >= 0.3 is 0 Å². The molecular weight excluding hydrogens is 397 g/mol. The van der Waals surface area contributed by atoms with E-state index in [-0.39, 0.29) is 6.04 Å². The average Bonchev–Trinajstić information content (AvgIpc) is 2.64. The first kappa shape index (κ1) is 18.5. The summed E-state index contributed by atoms with van der Waals surface area (Å²) in [5, 5.41) is 8.90. The van der Waals surface area contributed by atoms with Crippen LogP contribution in [-0.2, 0) is 0 Å². The van der Waals surface area contributed by atoms with Crippen molar-refractivity contribution in [3.05, 3.63) is 86.5 Å². The molecule has 2 aliphatic heterocycles. The average molecular weight is 416 g/mol. The standard InChI is InChI=1S/C21H19Cl2N3S/c1-26-11-15(10-13-2-6-16(22)7-3-13)20-18(12-26)19(24-21(27)25-20)14-4-8-17(23)9-5-14/h2-10,19H,11-12H2,1H3,(H2,24,25,27)/b15-10+. The maximum Gasteiger partial charge on any atom is 0.171 e. The largest absolute Gasteiger partial charge is 0.352 e. The molecule has 0 bridgehead atoms. The highest BCUT2D eigenvalue weighted by Crippen LogP contribution is 2.34. The van der Waals surface area contributed by atoms with E-state index in [0.717, 1.165) is 40.0 Å². The molecular formula is C21H19Cl2N3S. The van der Waals surface area contributed by atoms with Crippen molar-refractivity contribution >= 4 is 46.6 Å². The van der Waals surface area contributed by atoms with Crippen LogP contribution in [0.5, 0.6) is 0 Å². The van der Waals surface area contributed by atoms with Crippen LogP contribution in [0.25, 0.3) is 6.08 Å². The molecule has 0 saturated heterocycles. The highest BCUT2D eigenvalue weighted by atomic mass is 35.5. The summed E-state index contributed by atoms with van der Waals surface area (Å²) in [6.45, 7) is 1.72. The van der Waals surface area contributed by atoms with Gasteiger partial charge in [-0.1, -0.05) is 47.5 Å². The van der Waals surface area contributed by atoms with E-state index in [0.29, 0.717) is 5.11 Å². The predicted octanol–water partition coefficient (Wildman–Crippen LogP) is 4.80. The summed E-state index contributed by atoms with van der Waals surface area (Å²) < 4.78 is 0. The summed E-state index contributed by atoms with van der Waals surface area (Å²) in [7, 11) is 2.13. The van der Waals surface area contributed by atoms with Crippen LogP contribution in [0.2, 0.25) is 10.0 Å². The maximum absolute atomic E-state index is 6.07. The van der Waals surface area contributed by atoms with Gasteiger partial charge in [-0.3, -0.25) is 4.90 Å². The number of nitrogens with one attached hydrogen (secondary N) is 2. The van der Waals surface area contributed by atoms with Gasteiger partial charge in [-0.25, -0.2) is 0 Å². The molecule has 0 fully saturated rings. The Kier molecular flexibility index (Phi) is 5.24. The van der Waals surface area contributed by atoms with E-state index in [1.807, 2.05) is 36.4 Å². The third-order valence-corrected chi connectivity index (χ3v) is 5.52. The molecule has 138 valence electrons. The number of likely N-dealkylation sites (N-methyl/N-ethyl adjacent to an activating group) is 1. The molecule has 2 N–H and O–H groups in total. The van der Waals surface area contributed by atoms with Crippen molar-refractivity contribution in [2.45, 2.75) is 6.04 Å². The second kappa shape index (κ2) is 7.64. The molecule has 0 spiro atoms. The Bertz CT molecular complexity index is 933. The normalized spacial score (nSPS) is 21.7. The minimum atomic E-state index is 0.0300. The fourth-order valence-electron chi connectivity index (χ4n) is 3.58. The second-order valence-electron chi connectivity index (χ2n) is 6.88. The van der Waals surface area contributed by atoms with Gasteiger partial charge in [0, 0.05) is 28.8 Å². The zero-order valence-electron chi connectivity index (χ0n) is 14.8. The first-order valence-electron chi connectivity index (χ1n) is 8.70. The minimum absolute atomic E-state index is 0.0300. The third kappa shape index (κ3) is 4.04. The predicted molar refractivity (Wildman–Crippen MR) is 117 cm³/mol. The van der Waals surface area contributed by atoms with Crippen molar-refractivity contribution in [2.75, 3.05) is 20.1 Å². The summed E-state index contributed by atoms with van der Waals surface area (Å²) in [4.78, 5) is 2.31. The lowest BCUT2D eigenvalue weighted by atomic mass is 9.89. The molecule has 0 saturated carbocycles. The molecule has 2 aliphatic rings. The summed E-state index contributed by atoms with van der Waals surface area (Å²) in [6, 6.07) is 15.8. The van der Waals surface area contributed by atoms with E-state index in [1.54, 1.807) is 0 Å². The molecule has 6 heteroatoms. The fourth-order valence-corrected chi connectivity index (χ4v) is 4.06. The summed E-state index contributed by atoms with van der Waals surface area (Å²) in [5.74, 6) is 0. The topological polar surface area (TPSA) is 27.3 Å². The number of benzene rings is 2. The van der Waals surface area contributed by atoms with Crippen molar-refractivity contribution in [3.8, 4) is 0 Å². The molecule has 0 aromatic heterocycles. The van der Waals surface area contributed by atoms with Gasteiger partial charge in [0.2, 0.25) is 0 Å². The third-order valence-electron chi connectivity index (χ3n) is 4.80. The van der Waals surface area contributed by atoms with E-state index in [4.69, 9.17) is 35.4 Å². The smallest absolute Gasteiger partial charge is 0.171 e. The monoisotopic (exact) mass is 415 g/mol. The molecule has 1 atom stereocenters. The molecule has 27 heavy (non-hydrogen) atoms. The Morgan fingerprint density at radius 3 is 2.30 bits per heavy atom. The van der Waals surface area contributed by atoms with E-state index >= 15 is 0 Å². The Labute approximate surface area is 174 Å². The highest BCUT2D eigenvalue weighted by Gasteiger charge is 2.32. The minimum Gasteiger partial charge on any atom is -0.352 e. The van der Waals surface area contributed by atoms with Crippen LogP contribution in [0.15, 0.2) is 65.4 Å². The molecule has 2 heterocycles. The van der Waals surface area contributed by atoms with Crippen molar-refractivity contribution in [3.63, 3.8) is 0 Å². The van der Waals surface area contributed by atoms with Crippen molar-refractivity contribution in [1.82, 2.24) is 15.5 Å². The molecule has 3 nitrogen and oxygen atoms in total. The van der Waals surface area contributed by atoms with Crippen LogP contribution >= 0.6 is 35.4 Å². The van der Waals surface area contributed by atoms with Crippen LogP contribution in [0, 0.1) is 0 Å². The van der Waals surface area contributed by atoms with E-state index < -0.39 is 0 Å². The van der Waals surface area contributed by atoms with Crippen LogP contribution < -0.4 is 10.6 Å². The first-order valence-corrected chi connectivity index (χ1v) is 9.87. The van der Waals surface area contributed by atoms with Crippen LogP contribution in [-0.4, -0.2) is 30.1 Å². The molecule has 1 unspecified atom stereocenters. The number of hydrogen-bond donors (Lipinski definition) is 2. The first-order chi connectivity index (χ1) is 13.0. The number of nitrogens with zero attached hydrogens (tertiary/aromatic N) is 1. The molecule has 0 radical (unpaired) electrons. The lowest BCUT2D eigenvalue weighted by Gasteiger charge is -2.39. The second-order valence-corrected chi connectivity index (χ2v) is 8.16. The van der Waals surface area contributed by atoms with Gasteiger partial charge in [-0.15, -0.1) is 0 Å². The Balaban J connectivity index is 1.78. The van der Waals surface area contributed by atoms with Gasteiger partial charge in [0.25, 0.3) is 0 Å². The number of halogens is 2. The number of thiocarbonyl (C=S) groups is 1. The maximum atomic E-state index is 6.07. The van der Waals surface area contributed by atoms with Crippen molar-refractivity contribution in [1.29, 1.82) is 0 Å². The van der Waals surface area contributed by atoms with Crippen molar-refractivity contribution in [2.24, 2.45) is 0 Å². The zero-order valence-corrected chi connectivity index (χ0v) is 17.1. The van der Waals surface area contributed by atoms with Gasteiger partial charge in [-0.05, 0) is 71.9 Å². The van der Waals surface area contributed by atoms with E-state index in [9.17, 15) is 0 Å². The zero-order chi connectivity index (χ0) is 19.0. The van der Waals surface area contributed by atoms with Crippen LogP contribution in [0.4, 0.5) is 0 Å². The van der Waals surface area contributed by atoms with Crippen LogP contribution in [0.1, 0.15) is 17.2 Å². The SMILES string of the molecule is CN1CC2=C(NC(=S)NC2c2ccc(Cl)cc2)/C(=C/c2ccc(Cl)cc2)C1. The fraction of sp³-hybridized carbons (Fsp3) is 0.190. The van der Waals surface area contributed by atoms with E-state index in [1.165, 1.54) is 11.1 Å². The molecule has 2 aromatic carbocycles. The van der Waals surface area contributed by atoms with Gasteiger partial charge < -0.3 is 10.6 Å². The van der Waals surface area contributed by atoms with Gasteiger partial charge in [0.05, 0.1) is 6.04 Å². The number of rotatable bonds is 2. The summed E-state index contributed by atoms with van der Waals surface area (Å²) >= 11 is 17.6. The van der Waals surface area contributed by atoms with Gasteiger partial charge in [-0.2, -0.15) is 0 Å². The van der Waals surface area contributed by atoms with Gasteiger partial charge in [0.1, 0.15) is 0 Å². The quantitative estimate of drug-likeness (QED) is 0.689. The molecule has 0 aliphatic carbocycles. The van der Waals surface area contributed by atoms with E-state index in [2.05, 4.69) is 40.8 Å². The van der Waals surface area contributed by atoms with Gasteiger partial charge in [0.15, 0.2) is 5.11 Å². The Morgan fingerprint density at radius 2 is 1.63 bits per heavy atom. The number of hydrogen-bond acceptors (Lipinski definition) is 2. The van der Waals surface area contributed by atoms with Crippen molar-refractivity contribution < 1.29 is 0 Å². The molecule has 2 aromatic rings. The van der Waals surface area contributed by atoms with Crippen LogP contribution in [0.3, 0.4) is 0 Å². The lowest BCUT2D eigenvalue weighted by Crippen LogP contribution is -2.49. The lowest BCUT2D eigenvalue weighted by molar-refractivity contribution is 0.364. The Morgan fingerprint density at radius 1 is 1.00 bits per heavy atom. The summed E-state index contributed by atoms with van der Waals surface area (Å²) in [5.41, 5.74) is 5.87.